The predicted octanol–water partition coefficient (Wildman–Crippen LogP) is 1.89. The van der Waals surface area contributed by atoms with Gasteiger partial charge in [-0.1, -0.05) is 0 Å². The molecule has 0 spiro atoms. The minimum absolute atomic E-state index is 0.0267. The zero-order valence-electron chi connectivity index (χ0n) is 11.3. The van der Waals surface area contributed by atoms with Crippen molar-refractivity contribution in [1.29, 1.82) is 0 Å². The summed E-state index contributed by atoms with van der Waals surface area (Å²) < 4.78 is 32.0. The third-order valence-corrected chi connectivity index (χ3v) is 4.46. The third-order valence-electron chi connectivity index (χ3n) is 2.86. The Hall–Kier alpha value is -2.12. The van der Waals surface area contributed by atoms with Gasteiger partial charge in [0.25, 0.3) is 0 Å². The van der Waals surface area contributed by atoms with Crippen LogP contribution in [0, 0.1) is 0 Å². The van der Waals surface area contributed by atoms with Crippen LogP contribution in [0.1, 0.15) is 23.0 Å². The standard InChI is InChI=1S/C14H15NO5S/c1-10(9-12-3-2-8-20-12)15-21(18,19)13-6-4-11(5-7-13)14(16)17/h2-8,10,15H,9H2,1H3,(H,16,17)/t10-/m0/s1. The monoisotopic (exact) mass is 309 g/mol. The van der Waals surface area contributed by atoms with Crippen molar-refractivity contribution in [3.8, 4) is 0 Å². The molecule has 1 heterocycles. The van der Waals surface area contributed by atoms with Gasteiger partial charge < -0.3 is 9.52 Å². The van der Waals surface area contributed by atoms with Gasteiger partial charge >= 0.3 is 5.97 Å². The van der Waals surface area contributed by atoms with Crippen molar-refractivity contribution in [2.45, 2.75) is 24.3 Å². The zero-order chi connectivity index (χ0) is 15.5. The molecule has 0 radical (unpaired) electrons. The van der Waals surface area contributed by atoms with Crippen molar-refractivity contribution in [2.75, 3.05) is 0 Å². The zero-order valence-corrected chi connectivity index (χ0v) is 12.1. The molecule has 0 amide bonds. The SMILES string of the molecule is C[C@@H](Cc1ccco1)NS(=O)(=O)c1ccc(C(=O)O)cc1. The average molecular weight is 309 g/mol. The van der Waals surface area contributed by atoms with Gasteiger partial charge in [-0.3, -0.25) is 0 Å². The summed E-state index contributed by atoms with van der Waals surface area (Å²) in [6.45, 7) is 1.73. The van der Waals surface area contributed by atoms with Crippen LogP contribution in [-0.2, 0) is 16.4 Å². The van der Waals surface area contributed by atoms with E-state index in [0.29, 0.717) is 12.2 Å². The summed E-state index contributed by atoms with van der Waals surface area (Å²) in [6.07, 6.45) is 1.96. The number of sulfonamides is 1. The Balaban J connectivity index is 2.08. The van der Waals surface area contributed by atoms with Gasteiger partial charge in [0.1, 0.15) is 5.76 Å². The number of benzene rings is 1. The first kappa shape index (κ1) is 15.3. The first-order valence-electron chi connectivity index (χ1n) is 6.26. The molecule has 0 bridgehead atoms. The fourth-order valence-electron chi connectivity index (χ4n) is 1.88. The Morgan fingerprint density at radius 3 is 2.48 bits per heavy atom. The van der Waals surface area contributed by atoms with Crippen LogP contribution in [-0.4, -0.2) is 25.5 Å². The molecule has 21 heavy (non-hydrogen) atoms. The van der Waals surface area contributed by atoms with E-state index in [-0.39, 0.29) is 16.5 Å². The third kappa shape index (κ3) is 3.93. The number of carbonyl (C=O) groups is 1. The predicted molar refractivity (Wildman–Crippen MR) is 75.6 cm³/mol. The van der Waals surface area contributed by atoms with E-state index in [2.05, 4.69) is 4.72 Å². The van der Waals surface area contributed by atoms with Crippen LogP contribution in [0.5, 0.6) is 0 Å². The quantitative estimate of drug-likeness (QED) is 0.849. The van der Waals surface area contributed by atoms with Crippen LogP contribution < -0.4 is 4.72 Å². The molecule has 6 nitrogen and oxygen atoms in total. The van der Waals surface area contributed by atoms with E-state index in [0.717, 1.165) is 0 Å². The number of aromatic carboxylic acids is 1. The Morgan fingerprint density at radius 1 is 1.29 bits per heavy atom. The molecule has 0 unspecified atom stereocenters. The second kappa shape index (κ2) is 6.11. The summed E-state index contributed by atoms with van der Waals surface area (Å²) in [5.41, 5.74) is 0.0394. The second-order valence-electron chi connectivity index (χ2n) is 4.64. The summed E-state index contributed by atoms with van der Waals surface area (Å²) in [7, 11) is -3.69. The Labute approximate surface area is 122 Å². The van der Waals surface area contributed by atoms with Crippen molar-refractivity contribution in [3.05, 3.63) is 54.0 Å². The molecule has 0 aliphatic heterocycles. The lowest BCUT2D eigenvalue weighted by molar-refractivity contribution is 0.0696. The van der Waals surface area contributed by atoms with Crippen LogP contribution in [0.4, 0.5) is 0 Å². The molecule has 2 aromatic rings. The van der Waals surface area contributed by atoms with Gasteiger partial charge in [-0.25, -0.2) is 17.9 Å². The largest absolute Gasteiger partial charge is 0.478 e. The van der Waals surface area contributed by atoms with E-state index in [1.165, 1.54) is 30.5 Å². The van der Waals surface area contributed by atoms with E-state index >= 15 is 0 Å². The number of furan rings is 1. The highest BCUT2D eigenvalue weighted by Crippen LogP contribution is 2.12. The molecule has 1 aromatic carbocycles. The maximum atomic E-state index is 12.2. The lowest BCUT2D eigenvalue weighted by atomic mass is 10.2. The fraction of sp³-hybridized carbons (Fsp3) is 0.214. The minimum Gasteiger partial charge on any atom is -0.478 e. The van der Waals surface area contributed by atoms with E-state index in [1.54, 1.807) is 19.1 Å². The first-order chi connectivity index (χ1) is 9.88. The lowest BCUT2D eigenvalue weighted by Crippen LogP contribution is -2.34. The molecule has 0 saturated carbocycles. The topological polar surface area (TPSA) is 96.6 Å². The normalized spacial score (nSPS) is 13.0. The number of nitrogens with one attached hydrogen (secondary N) is 1. The Kier molecular flexibility index (Phi) is 4.44. The smallest absolute Gasteiger partial charge is 0.335 e. The molecule has 2 rings (SSSR count). The molecule has 2 N–H and O–H groups in total. The molecule has 1 aromatic heterocycles. The molecule has 0 fully saturated rings. The van der Waals surface area contributed by atoms with Crippen LogP contribution in [0.15, 0.2) is 52.0 Å². The van der Waals surface area contributed by atoms with Gasteiger partial charge in [0.05, 0.1) is 16.7 Å². The average Bonchev–Trinajstić information content (AvgIpc) is 2.90. The number of rotatable bonds is 6. The van der Waals surface area contributed by atoms with Crippen molar-refractivity contribution >= 4 is 16.0 Å². The highest BCUT2D eigenvalue weighted by molar-refractivity contribution is 7.89. The summed E-state index contributed by atoms with van der Waals surface area (Å²) in [6, 6.07) is 8.22. The summed E-state index contributed by atoms with van der Waals surface area (Å²) in [5.74, 6) is -0.412. The number of hydrogen-bond acceptors (Lipinski definition) is 4. The van der Waals surface area contributed by atoms with Crippen molar-refractivity contribution in [3.63, 3.8) is 0 Å². The number of carboxylic acids is 1. The van der Waals surface area contributed by atoms with Gasteiger partial charge in [-0.05, 0) is 43.3 Å². The van der Waals surface area contributed by atoms with Crippen molar-refractivity contribution < 1.29 is 22.7 Å². The molecule has 7 heteroatoms. The number of carboxylic acid groups (broad SMARTS) is 1. The van der Waals surface area contributed by atoms with Gasteiger partial charge in [-0.15, -0.1) is 0 Å². The van der Waals surface area contributed by atoms with Crippen LogP contribution in [0.3, 0.4) is 0 Å². The van der Waals surface area contributed by atoms with Crippen LogP contribution in [0.25, 0.3) is 0 Å². The summed E-state index contributed by atoms with van der Waals surface area (Å²) in [4.78, 5) is 10.8. The van der Waals surface area contributed by atoms with Gasteiger partial charge in [0, 0.05) is 12.5 Å². The molecule has 0 aliphatic carbocycles. The lowest BCUT2D eigenvalue weighted by Gasteiger charge is -2.13. The molecule has 112 valence electrons. The highest BCUT2D eigenvalue weighted by atomic mass is 32.2. The van der Waals surface area contributed by atoms with Gasteiger partial charge in [0.2, 0.25) is 10.0 Å². The molecular weight excluding hydrogens is 294 g/mol. The summed E-state index contributed by atoms with van der Waals surface area (Å²) >= 11 is 0. The van der Waals surface area contributed by atoms with Gasteiger partial charge in [-0.2, -0.15) is 0 Å². The fourth-order valence-corrected chi connectivity index (χ4v) is 3.13. The van der Waals surface area contributed by atoms with E-state index in [9.17, 15) is 13.2 Å². The minimum atomic E-state index is -3.69. The molecule has 1 atom stereocenters. The van der Waals surface area contributed by atoms with Crippen molar-refractivity contribution in [2.24, 2.45) is 0 Å². The molecule has 0 saturated heterocycles. The summed E-state index contributed by atoms with van der Waals surface area (Å²) in [5, 5.41) is 8.79. The molecular formula is C14H15NO5S. The second-order valence-corrected chi connectivity index (χ2v) is 6.35. The number of hydrogen-bond donors (Lipinski definition) is 2. The maximum Gasteiger partial charge on any atom is 0.335 e. The van der Waals surface area contributed by atoms with E-state index in [4.69, 9.17) is 9.52 Å². The Bertz CT molecular complexity index is 704. The maximum absolute atomic E-state index is 12.2. The van der Waals surface area contributed by atoms with Gasteiger partial charge in [0.15, 0.2) is 0 Å². The van der Waals surface area contributed by atoms with E-state index < -0.39 is 16.0 Å². The first-order valence-corrected chi connectivity index (χ1v) is 7.75. The van der Waals surface area contributed by atoms with Crippen LogP contribution in [0.2, 0.25) is 0 Å². The van der Waals surface area contributed by atoms with E-state index in [1.807, 2.05) is 0 Å². The highest BCUT2D eigenvalue weighted by Gasteiger charge is 2.18. The molecule has 0 aliphatic rings. The Morgan fingerprint density at radius 2 is 1.95 bits per heavy atom. The van der Waals surface area contributed by atoms with Crippen molar-refractivity contribution in [1.82, 2.24) is 4.72 Å². The van der Waals surface area contributed by atoms with Crippen LogP contribution >= 0.6 is 0 Å².